The van der Waals surface area contributed by atoms with Crippen LogP contribution in [0.1, 0.15) is 22.8 Å². The van der Waals surface area contributed by atoms with E-state index in [2.05, 4.69) is 4.98 Å². The molecule has 3 nitrogen and oxygen atoms in total. The van der Waals surface area contributed by atoms with Gasteiger partial charge in [-0.2, -0.15) is 11.8 Å². The standard InChI is InChI=1S/C21H21FN2OS/c22-18-7-3-1-6-17(18)20-9-10-24(11-12-26-20)21(25)13-15-14-23-19-8-4-2-5-16(15)19/h1-8,14,20,23H,9-13H2. The summed E-state index contributed by atoms with van der Waals surface area (Å²) >= 11 is 1.74. The Balaban J connectivity index is 1.44. The molecule has 26 heavy (non-hydrogen) atoms. The maximum Gasteiger partial charge on any atom is 0.227 e. The number of para-hydroxylation sites is 1. The van der Waals surface area contributed by atoms with Gasteiger partial charge in [0.2, 0.25) is 5.91 Å². The molecule has 0 saturated carbocycles. The van der Waals surface area contributed by atoms with Crippen molar-refractivity contribution in [2.45, 2.75) is 18.1 Å². The van der Waals surface area contributed by atoms with Gasteiger partial charge in [-0.3, -0.25) is 4.79 Å². The topological polar surface area (TPSA) is 36.1 Å². The zero-order valence-corrected chi connectivity index (χ0v) is 15.3. The van der Waals surface area contributed by atoms with E-state index in [1.807, 2.05) is 47.5 Å². The van der Waals surface area contributed by atoms with Crippen molar-refractivity contribution >= 4 is 28.6 Å². The summed E-state index contributed by atoms with van der Waals surface area (Å²) in [5.74, 6) is 0.826. The molecule has 2 aromatic carbocycles. The Kier molecular flexibility index (Phi) is 4.98. The first-order chi connectivity index (χ1) is 12.7. The molecule has 1 unspecified atom stereocenters. The van der Waals surface area contributed by atoms with E-state index in [0.717, 1.165) is 40.7 Å². The SMILES string of the molecule is O=C(Cc1c[nH]c2ccccc12)N1CCSC(c2ccccc2F)CC1. The van der Waals surface area contributed by atoms with Crippen LogP contribution in [0.4, 0.5) is 4.39 Å². The fourth-order valence-corrected chi connectivity index (χ4v) is 4.81. The monoisotopic (exact) mass is 368 g/mol. The molecule has 1 saturated heterocycles. The second-order valence-electron chi connectivity index (χ2n) is 6.59. The summed E-state index contributed by atoms with van der Waals surface area (Å²) < 4.78 is 14.1. The molecule has 0 aliphatic carbocycles. The van der Waals surface area contributed by atoms with Crippen LogP contribution in [0.3, 0.4) is 0 Å². The minimum Gasteiger partial charge on any atom is -0.361 e. The summed E-state index contributed by atoms with van der Waals surface area (Å²) in [6, 6.07) is 15.0. The molecule has 0 radical (unpaired) electrons. The van der Waals surface area contributed by atoms with Gasteiger partial charge in [0.05, 0.1) is 6.42 Å². The number of carbonyl (C=O) groups excluding carboxylic acids is 1. The summed E-state index contributed by atoms with van der Waals surface area (Å²) in [4.78, 5) is 18.0. The first-order valence-electron chi connectivity index (χ1n) is 8.91. The minimum absolute atomic E-state index is 0.113. The molecule has 3 aromatic rings. The molecule has 1 aromatic heterocycles. The number of fused-ring (bicyclic) bond motifs is 1. The molecular weight excluding hydrogens is 347 g/mol. The largest absolute Gasteiger partial charge is 0.361 e. The van der Waals surface area contributed by atoms with Crippen molar-refractivity contribution in [2.24, 2.45) is 0 Å². The predicted octanol–water partition coefficient (Wildman–Crippen LogP) is 4.56. The predicted molar refractivity (Wildman–Crippen MR) is 105 cm³/mol. The number of hydrogen-bond acceptors (Lipinski definition) is 2. The van der Waals surface area contributed by atoms with E-state index in [-0.39, 0.29) is 17.0 Å². The second kappa shape index (κ2) is 7.54. The number of nitrogens with one attached hydrogen (secondary N) is 1. The van der Waals surface area contributed by atoms with Crippen molar-refractivity contribution in [3.8, 4) is 0 Å². The average molecular weight is 368 g/mol. The molecule has 0 bridgehead atoms. The van der Waals surface area contributed by atoms with Crippen LogP contribution >= 0.6 is 11.8 Å². The van der Waals surface area contributed by atoms with Crippen molar-refractivity contribution < 1.29 is 9.18 Å². The Bertz CT molecular complexity index is 923. The van der Waals surface area contributed by atoms with Crippen LogP contribution in [0.15, 0.2) is 54.7 Å². The Morgan fingerprint density at radius 1 is 1.15 bits per heavy atom. The van der Waals surface area contributed by atoms with Crippen LogP contribution in [-0.2, 0) is 11.2 Å². The number of benzene rings is 2. The van der Waals surface area contributed by atoms with Crippen LogP contribution in [0, 0.1) is 5.82 Å². The van der Waals surface area contributed by atoms with Gasteiger partial charge in [-0.1, -0.05) is 36.4 Å². The number of amides is 1. The average Bonchev–Trinajstić information content (AvgIpc) is 2.90. The van der Waals surface area contributed by atoms with Crippen LogP contribution in [0.25, 0.3) is 10.9 Å². The number of hydrogen-bond donors (Lipinski definition) is 1. The first-order valence-corrected chi connectivity index (χ1v) is 9.96. The van der Waals surface area contributed by atoms with E-state index >= 15 is 0 Å². The molecule has 5 heteroatoms. The molecule has 1 atom stereocenters. The summed E-state index contributed by atoms with van der Waals surface area (Å²) in [5.41, 5.74) is 2.85. The fourth-order valence-electron chi connectivity index (χ4n) is 3.56. The molecule has 0 spiro atoms. The molecule has 1 N–H and O–H groups in total. The van der Waals surface area contributed by atoms with Gasteiger partial charge in [-0.25, -0.2) is 4.39 Å². The van der Waals surface area contributed by atoms with Gasteiger partial charge in [0, 0.05) is 46.8 Å². The second-order valence-corrected chi connectivity index (χ2v) is 7.90. The van der Waals surface area contributed by atoms with Crippen LogP contribution in [-0.4, -0.2) is 34.6 Å². The summed E-state index contributed by atoms with van der Waals surface area (Å²) in [7, 11) is 0. The third-order valence-corrected chi connectivity index (χ3v) is 6.27. The van der Waals surface area contributed by atoms with Gasteiger partial charge in [0.15, 0.2) is 0 Å². The number of rotatable bonds is 3. The highest BCUT2D eigenvalue weighted by atomic mass is 32.2. The lowest BCUT2D eigenvalue weighted by molar-refractivity contribution is -0.130. The number of nitrogens with zero attached hydrogens (tertiary/aromatic N) is 1. The zero-order valence-electron chi connectivity index (χ0n) is 14.5. The highest BCUT2D eigenvalue weighted by molar-refractivity contribution is 7.99. The molecule has 1 aliphatic rings. The van der Waals surface area contributed by atoms with Crippen LogP contribution in [0.2, 0.25) is 0 Å². The van der Waals surface area contributed by atoms with Crippen molar-refractivity contribution in [3.05, 3.63) is 71.7 Å². The summed E-state index contributed by atoms with van der Waals surface area (Å²) in [6.45, 7) is 1.39. The Morgan fingerprint density at radius 2 is 1.96 bits per heavy atom. The van der Waals surface area contributed by atoms with Gasteiger partial charge in [-0.15, -0.1) is 0 Å². The van der Waals surface area contributed by atoms with Gasteiger partial charge < -0.3 is 9.88 Å². The zero-order chi connectivity index (χ0) is 17.9. The molecular formula is C21H21FN2OS. The number of halogens is 1. The lowest BCUT2D eigenvalue weighted by Gasteiger charge is -2.20. The van der Waals surface area contributed by atoms with Crippen molar-refractivity contribution in [2.75, 3.05) is 18.8 Å². The lowest BCUT2D eigenvalue weighted by Crippen LogP contribution is -2.34. The molecule has 134 valence electrons. The van der Waals surface area contributed by atoms with E-state index in [1.165, 1.54) is 6.07 Å². The molecule has 4 rings (SSSR count). The van der Waals surface area contributed by atoms with Gasteiger partial charge in [0.25, 0.3) is 0 Å². The molecule has 1 fully saturated rings. The molecule has 1 amide bonds. The number of thioether (sulfide) groups is 1. The lowest BCUT2D eigenvalue weighted by atomic mass is 10.1. The number of aromatic amines is 1. The normalized spacial score (nSPS) is 18.0. The highest BCUT2D eigenvalue weighted by Crippen LogP contribution is 2.35. The third-order valence-electron chi connectivity index (χ3n) is 4.96. The van der Waals surface area contributed by atoms with E-state index in [1.54, 1.807) is 17.8 Å². The summed E-state index contributed by atoms with van der Waals surface area (Å²) in [5, 5.41) is 1.22. The quantitative estimate of drug-likeness (QED) is 0.736. The third kappa shape index (κ3) is 3.49. The van der Waals surface area contributed by atoms with Gasteiger partial charge in [-0.05, 0) is 24.1 Å². The Labute approximate surface area is 156 Å². The first kappa shape index (κ1) is 17.2. The highest BCUT2D eigenvalue weighted by Gasteiger charge is 2.24. The number of H-pyrrole nitrogens is 1. The maximum absolute atomic E-state index is 14.1. The smallest absolute Gasteiger partial charge is 0.227 e. The van der Waals surface area contributed by atoms with E-state index in [9.17, 15) is 9.18 Å². The van der Waals surface area contributed by atoms with E-state index in [0.29, 0.717) is 13.0 Å². The fraction of sp³-hybridized carbons (Fsp3) is 0.286. The molecule has 1 aliphatic heterocycles. The van der Waals surface area contributed by atoms with Gasteiger partial charge in [0.1, 0.15) is 5.82 Å². The number of aromatic nitrogens is 1. The van der Waals surface area contributed by atoms with Crippen LogP contribution < -0.4 is 0 Å². The number of carbonyl (C=O) groups is 1. The maximum atomic E-state index is 14.1. The minimum atomic E-state index is -0.149. The van der Waals surface area contributed by atoms with Crippen molar-refractivity contribution in [1.29, 1.82) is 0 Å². The van der Waals surface area contributed by atoms with Gasteiger partial charge >= 0.3 is 0 Å². The Morgan fingerprint density at radius 3 is 2.85 bits per heavy atom. The molecule has 2 heterocycles. The summed E-state index contributed by atoms with van der Waals surface area (Å²) in [6.07, 6.45) is 3.11. The van der Waals surface area contributed by atoms with E-state index < -0.39 is 0 Å². The Hall–Kier alpha value is -2.27. The van der Waals surface area contributed by atoms with Crippen LogP contribution in [0.5, 0.6) is 0 Å². The van der Waals surface area contributed by atoms with Crippen molar-refractivity contribution in [3.63, 3.8) is 0 Å². The van der Waals surface area contributed by atoms with E-state index in [4.69, 9.17) is 0 Å². The van der Waals surface area contributed by atoms with Crippen molar-refractivity contribution in [1.82, 2.24) is 9.88 Å².